The molecule has 1 aromatic rings. The van der Waals surface area contributed by atoms with Crippen LogP contribution in [0.2, 0.25) is 0 Å². The number of anilines is 2. The minimum absolute atomic E-state index is 0.743. The third-order valence-corrected chi connectivity index (χ3v) is 4.52. The summed E-state index contributed by atoms with van der Waals surface area (Å²) in [7, 11) is 0. The van der Waals surface area contributed by atoms with Gasteiger partial charge in [0, 0.05) is 6.54 Å². The number of hydrogen-bond donors (Lipinski definition) is 2. The van der Waals surface area contributed by atoms with Crippen LogP contribution in [0.1, 0.15) is 31.2 Å². The molecular formula is C14H21N3. The van der Waals surface area contributed by atoms with Gasteiger partial charge in [0.1, 0.15) is 5.82 Å². The summed E-state index contributed by atoms with van der Waals surface area (Å²) >= 11 is 0. The van der Waals surface area contributed by atoms with Crippen molar-refractivity contribution >= 4 is 11.5 Å². The number of aromatic nitrogens is 1. The number of nitrogens with one attached hydrogen (secondary N) is 1. The number of hydrogen-bond acceptors (Lipinski definition) is 3. The van der Waals surface area contributed by atoms with Crippen molar-refractivity contribution in [2.24, 2.45) is 17.8 Å². The molecule has 1 heterocycles. The molecule has 3 unspecified atom stereocenters. The molecule has 2 bridgehead atoms. The number of nitrogens with two attached hydrogens (primary N) is 1. The summed E-state index contributed by atoms with van der Waals surface area (Å²) in [4.78, 5) is 4.36. The number of fused-ring (bicyclic) bond motifs is 2. The Morgan fingerprint density at radius 1 is 1.41 bits per heavy atom. The van der Waals surface area contributed by atoms with Gasteiger partial charge in [0.2, 0.25) is 0 Å². The van der Waals surface area contributed by atoms with Gasteiger partial charge in [-0.05, 0) is 55.6 Å². The second-order valence-corrected chi connectivity index (χ2v) is 5.75. The van der Waals surface area contributed by atoms with Gasteiger partial charge in [0.15, 0.2) is 0 Å². The Bertz CT molecular complexity index is 416. The van der Waals surface area contributed by atoms with E-state index in [1.54, 1.807) is 6.20 Å². The fourth-order valence-electron chi connectivity index (χ4n) is 3.64. The molecule has 2 fully saturated rings. The topological polar surface area (TPSA) is 50.9 Å². The first-order valence-electron chi connectivity index (χ1n) is 6.68. The van der Waals surface area contributed by atoms with Crippen molar-refractivity contribution in [3.63, 3.8) is 0 Å². The first-order chi connectivity index (χ1) is 8.22. The molecule has 2 aliphatic rings. The van der Waals surface area contributed by atoms with E-state index in [9.17, 15) is 0 Å². The molecule has 0 aliphatic heterocycles. The fraction of sp³-hybridized carbons (Fsp3) is 0.643. The number of rotatable bonds is 3. The highest BCUT2D eigenvalue weighted by atomic mass is 15.0. The maximum Gasteiger partial charge on any atom is 0.129 e. The average Bonchev–Trinajstić information content (AvgIpc) is 2.89. The molecule has 3 atom stereocenters. The summed E-state index contributed by atoms with van der Waals surface area (Å²) in [6, 6.07) is 1.98. The number of nitrogen functional groups attached to an aromatic ring is 1. The predicted octanol–water partition coefficient (Wildman–Crippen LogP) is 2.82. The molecule has 92 valence electrons. The quantitative estimate of drug-likeness (QED) is 0.841. The molecule has 17 heavy (non-hydrogen) atoms. The van der Waals surface area contributed by atoms with Crippen LogP contribution in [0.5, 0.6) is 0 Å². The molecule has 3 nitrogen and oxygen atoms in total. The second-order valence-electron chi connectivity index (χ2n) is 5.75. The van der Waals surface area contributed by atoms with Crippen LogP contribution in [0.15, 0.2) is 12.3 Å². The minimum atomic E-state index is 0.743. The third-order valence-electron chi connectivity index (χ3n) is 4.52. The van der Waals surface area contributed by atoms with Crippen LogP contribution in [0, 0.1) is 24.7 Å². The van der Waals surface area contributed by atoms with Crippen molar-refractivity contribution < 1.29 is 0 Å². The normalized spacial score (nSPS) is 30.8. The molecule has 0 spiro atoms. The summed E-state index contributed by atoms with van der Waals surface area (Å²) in [6.45, 7) is 3.14. The van der Waals surface area contributed by atoms with Gasteiger partial charge >= 0.3 is 0 Å². The largest absolute Gasteiger partial charge is 0.397 e. The zero-order valence-corrected chi connectivity index (χ0v) is 10.4. The van der Waals surface area contributed by atoms with Crippen molar-refractivity contribution in [1.82, 2.24) is 4.98 Å². The van der Waals surface area contributed by atoms with Crippen LogP contribution in [-0.2, 0) is 0 Å². The summed E-state index contributed by atoms with van der Waals surface area (Å²) in [5.41, 5.74) is 7.59. The van der Waals surface area contributed by atoms with Crippen molar-refractivity contribution in [2.45, 2.75) is 32.6 Å². The first-order valence-corrected chi connectivity index (χ1v) is 6.68. The van der Waals surface area contributed by atoms with Crippen LogP contribution in [0.3, 0.4) is 0 Å². The first kappa shape index (κ1) is 10.9. The number of nitrogens with zero attached hydrogens (tertiary/aromatic N) is 1. The Morgan fingerprint density at radius 3 is 2.94 bits per heavy atom. The lowest BCUT2D eigenvalue weighted by molar-refractivity contribution is 0.348. The van der Waals surface area contributed by atoms with E-state index >= 15 is 0 Å². The van der Waals surface area contributed by atoms with Gasteiger partial charge in [-0.15, -0.1) is 0 Å². The maximum absolute atomic E-state index is 5.70. The molecule has 1 aromatic heterocycles. The van der Waals surface area contributed by atoms with E-state index in [1.807, 2.05) is 6.07 Å². The number of pyridine rings is 1. The maximum atomic E-state index is 5.70. The van der Waals surface area contributed by atoms with Gasteiger partial charge in [0.25, 0.3) is 0 Å². The standard InChI is InChI=1S/C14H21N3/c1-9-4-13(15)8-17-14(9)16-7-12-6-10-2-3-11(12)5-10/h4,8,10-12H,2-3,5-7,15H2,1H3,(H,16,17). The Morgan fingerprint density at radius 2 is 2.29 bits per heavy atom. The zero-order chi connectivity index (χ0) is 11.8. The predicted molar refractivity (Wildman–Crippen MR) is 70.8 cm³/mol. The van der Waals surface area contributed by atoms with Crippen LogP contribution in [-0.4, -0.2) is 11.5 Å². The van der Waals surface area contributed by atoms with E-state index < -0.39 is 0 Å². The van der Waals surface area contributed by atoms with Gasteiger partial charge in [-0.2, -0.15) is 0 Å². The molecule has 3 rings (SSSR count). The average molecular weight is 231 g/mol. The summed E-state index contributed by atoms with van der Waals surface area (Å²) in [5.74, 6) is 3.86. The zero-order valence-electron chi connectivity index (χ0n) is 10.4. The molecule has 0 aromatic carbocycles. The molecule has 2 saturated carbocycles. The second kappa shape index (κ2) is 4.21. The Hall–Kier alpha value is -1.25. The van der Waals surface area contributed by atoms with Crippen LogP contribution >= 0.6 is 0 Å². The van der Waals surface area contributed by atoms with Gasteiger partial charge < -0.3 is 11.1 Å². The van der Waals surface area contributed by atoms with E-state index in [1.165, 1.54) is 25.7 Å². The van der Waals surface area contributed by atoms with Crippen molar-refractivity contribution in [2.75, 3.05) is 17.6 Å². The third kappa shape index (κ3) is 2.11. The van der Waals surface area contributed by atoms with Crippen molar-refractivity contribution in [3.05, 3.63) is 17.8 Å². The van der Waals surface area contributed by atoms with Gasteiger partial charge in [0.05, 0.1) is 11.9 Å². The lowest BCUT2D eigenvalue weighted by atomic mass is 9.89. The lowest BCUT2D eigenvalue weighted by Crippen LogP contribution is -2.20. The summed E-state index contributed by atoms with van der Waals surface area (Å²) in [5, 5.41) is 3.50. The molecule has 0 saturated heterocycles. The number of aryl methyl sites for hydroxylation is 1. The van der Waals surface area contributed by atoms with Crippen LogP contribution in [0.25, 0.3) is 0 Å². The van der Waals surface area contributed by atoms with Gasteiger partial charge in [-0.1, -0.05) is 6.42 Å². The van der Waals surface area contributed by atoms with E-state index in [0.717, 1.165) is 41.4 Å². The molecule has 0 radical (unpaired) electrons. The lowest BCUT2D eigenvalue weighted by Gasteiger charge is -2.22. The van der Waals surface area contributed by atoms with E-state index in [-0.39, 0.29) is 0 Å². The summed E-state index contributed by atoms with van der Waals surface area (Å²) in [6.07, 6.45) is 7.55. The van der Waals surface area contributed by atoms with Gasteiger partial charge in [-0.3, -0.25) is 0 Å². The smallest absolute Gasteiger partial charge is 0.129 e. The monoisotopic (exact) mass is 231 g/mol. The highest BCUT2D eigenvalue weighted by Crippen LogP contribution is 2.48. The highest BCUT2D eigenvalue weighted by Gasteiger charge is 2.39. The van der Waals surface area contributed by atoms with Crippen LogP contribution in [0.4, 0.5) is 11.5 Å². The minimum Gasteiger partial charge on any atom is -0.397 e. The van der Waals surface area contributed by atoms with E-state index in [4.69, 9.17) is 5.73 Å². The molecular weight excluding hydrogens is 210 g/mol. The molecule has 0 amide bonds. The highest BCUT2D eigenvalue weighted by molar-refractivity contribution is 5.50. The SMILES string of the molecule is Cc1cc(N)cnc1NCC1CC2CCC1C2. The molecule has 3 heteroatoms. The molecule has 3 N–H and O–H groups in total. The summed E-state index contributed by atoms with van der Waals surface area (Å²) < 4.78 is 0. The molecule has 2 aliphatic carbocycles. The van der Waals surface area contributed by atoms with E-state index in [2.05, 4.69) is 17.2 Å². The van der Waals surface area contributed by atoms with Crippen molar-refractivity contribution in [3.8, 4) is 0 Å². The Labute approximate surface area is 103 Å². The fourth-order valence-corrected chi connectivity index (χ4v) is 3.64. The van der Waals surface area contributed by atoms with Crippen molar-refractivity contribution in [1.29, 1.82) is 0 Å². The van der Waals surface area contributed by atoms with E-state index in [0.29, 0.717) is 0 Å². The Balaban J connectivity index is 1.60. The Kier molecular flexibility index (Phi) is 2.69. The van der Waals surface area contributed by atoms with Gasteiger partial charge in [-0.25, -0.2) is 4.98 Å². The van der Waals surface area contributed by atoms with Crippen LogP contribution < -0.4 is 11.1 Å².